The van der Waals surface area contributed by atoms with E-state index in [1.807, 2.05) is 6.33 Å². The van der Waals surface area contributed by atoms with Crippen molar-refractivity contribution >= 4 is 15.9 Å². The van der Waals surface area contributed by atoms with Gasteiger partial charge in [0.15, 0.2) is 0 Å². The highest BCUT2D eigenvalue weighted by atomic mass is 79.9. The molecular weight excluding hydrogens is 296 g/mol. The Morgan fingerprint density at radius 1 is 1.33 bits per heavy atom. The third kappa shape index (κ3) is 2.46. The van der Waals surface area contributed by atoms with Gasteiger partial charge in [0.2, 0.25) is 0 Å². The molecule has 0 radical (unpaired) electrons. The second kappa shape index (κ2) is 5.27. The number of nitrogens with zero attached hydrogens (tertiary/aromatic N) is 4. The summed E-state index contributed by atoms with van der Waals surface area (Å²) in [6, 6.07) is 0. The van der Waals surface area contributed by atoms with Gasteiger partial charge in [-0.3, -0.25) is 4.90 Å². The molecule has 0 unspecified atom stereocenters. The number of rotatable bonds is 3. The normalized spacial score (nSPS) is 23.8. The van der Waals surface area contributed by atoms with E-state index in [9.17, 15) is 0 Å². The van der Waals surface area contributed by atoms with Gasteiger partial charge in [-0.2, -0.15) is 0 Å². The molecule has 0 aliphatic carbocycles. The Morgan fingerprint density at radius 3 is 2.94 bits per heavy atom. The Labute approximate surface area is 116 Å². The molecule has 2 aliphatic heterocycles. The zero-order valence-electron chi connectivity index (χ0n) is 10.5. The summed E-state index contributed by atoms with van der Waals surface area (Å²) in [6.07, 6.45) is 4.14. The van der Waals surface area contributed by atoms with E-state index in [2.05, 4.69) is 35.6 Å². The minimum absolute atomic E-state index is 0.375. The van der Waals surface area contributed by atoms with Crippen LogP contribution in [0.4, 0.5) is 0 Å². The minimum atomic E-state index is 0.375. The number of fused-ring (bicyclic) bond motifs is 1. The number of aromatic nitrogens is 3. The van der Waals surface area contributed by atoms with Gasteiger partial charge in [-0.25, -0.2) is 0 Å². The van der Waals surface area contributed by atoms with Gasteiger partial charge in [0.1, 0.15) is 12.2 Å². The van der Waals surface area contributed by atoms with E-state index in [-0.39, 0.29) is 0 Å². The summed E-state index contributed by atoms with van der Waals surface area (Å²) in [7, 11) is 0. The number of hydrogen-bond acceptors (Lipinski definition) is 4. The fourth-order valence-electron chi connectivity index (χ4n) is 2.86. The molecule has 2 aliphatic rings. The maximum Gasteiger partial charge on any atom is 0.147 e. The molecule has 0 spiro atoms. The van der Waals surface area contributed by atoms with E-state index in [1.54, 1.807) is 0 Å². The van der Waals surface area contributed by atoms with Gasteiger partial charge in [-0.1, -0.05) is 15.9 Å². The number of hydrogen-bond donors (Lipinski definition) is 0. The first-order chi connectivity index (χ1) is 8.81. The molecule has 0 aromatic carbocycles. The van der Waals surface area contributed by atoms with Gasteiger partial charge in [0, 0.05) is 38.2 Å². The lowest BCUT2D eigenvalue weighted by Gasteiger charge is -2.40. The van der Waals surface area contributed by atoms with Crippen molar-refractivity contribution in [3.05, 3.63) is 12.2 Å². The van der Waals surface area contributed by atoms with E-state index in [0.29, 0.717) is 5.41 Å². The van der Waals surface area contributed by atoms with Crippen molar-refractivity contribution in [1.82, 2.24) is 19.7 Å². The molecule has 0 atom stereocenters. The van der Waals surface area contributed by atoms with Crippen LogP contribution in [0, 0.1) is 5.41 Å². The zero-order chi connectivity index (χ0) is 12.4. The van der Waals surface area contributed by atoms with E-state index in [0.717, 1.165) is 63.4 Å². The molecule has 0 amide bonds. The van der Waals surface area contributed by atoms with Crippen molar-refractivity contribution < 1.29 is 4.74 Å². The largest absolute Gasteiger partial charge is 0.381 e. The SMILES string of the molecule is BrCC1(CN2CCn3cnnc3C2)CCOCC1. The third-order valence-corrected chi connectivity index (χ3v) is 5.30. The van der Waals surface area contributed by atoms with Crippen molar-refractivity contribution in [1.29, 1.82) is 0 Å². The summed E-state index contributed by atoms with van der Waals surface area (Å²) in [4.78, 5) is 2.51. The first-order valence-electron chi connectivity index (χ1n) is 6.54. The maximum absolute atomic E-state index is 5.49. The summed E-state index contributed by atoms with van der Waals surface area (Å²) in [6.45, 7) is 5.97. The van der Waals surface area contributed by atoms with Crippen LogP contribution in [0.3, 0.4) is 0 Å². The Bertz CT molecular complexity index is 403. The molecule has 5 nitrogen and oxygen atoms in total. The average Bonchev–Trinajstić information content (AvgIpc) is 2.87. The van der Waals surface area contributed by atoms with Gasteiger partial charge in [0.05, 0.1) is 6.54 Å². The van der Waals surface area contributed by atoms with Crippen molar-refractivity contribution in [3.63, 3.8) is 0 Å². The van der Waals surface area contributed by atoms with Gasteiger partial charge >= 0.3 is 0 Å². The van der Waals surface area contributed by atoms with Gasteiger partial charge in [-0.15, -0.1) is 10.2 Å². The lowest BCUT2D eigenvalue weighted by Crippen LogP contribution is -2.45. The fourth-order valence-corrected chi connectivity index (χ4v) is 3.60. The van der Waals surface area contributed by atoms with Gasteiger partial charge < -0.3 is 9.30 Å². The van der Waals surface area contributed by atoms with Crippen LogP contribution in [0.5, 0.6) is 0 Å². The topological polar surface area (TPSA) is 43.2 Å². The lowest BCUT2D eigenvalue weighted by atomic mass is 9.81. The fraction of sp³-hybridized carbons (Fsp3) is 0.833. The Kier molecular flexibility index (Phi) is 3.68. The molecule has 1 aromatic heterocycles. The number of alkyl halides is 1. The second-order valence-electron chi connectivity index (χ2n) is 5.40. The van der Waals surface area contributed by atoms with Gasteiger partial charge in [-0.05, 0) is 18.3 Å². The Hall–Kier alpha value is -0.460. The highest BCUT2D eigenvalue weighted by Gasteiger charge is 2.34. The molecule has 0 N–H and O–H groups in total. The van der Waals surface area contributed by atoms with Crippen molar-refractivity contribution in [2.45, 2.75) is 25.9 Å². The quantitative estimate of drug-likeness (QED) is 0.788. The van der Waals surface area contributed by atoms with Gasteiger partial charge in [0.25, 0.3) is 0 Å². The smallest absolute Gasteiger partial charge is 0.147 e. The van der Waals surface area contributed by atoms with E-state index >= 15 is 0 Å². The predicted molar refractivity (Wildman–Crippen MR) is 71.6 cm³/mol. The molecule has 0 saturated carbocycles. The standard InChI is InChI=1S/C12H19BrN4O/c13-8-12(1-5-18-6-2-12)9-16-3-4-17-10-14-15-11(17)7-16/h10H,1-9H2. The molecule has 3 heterocycles. The molecule has 1 aromatic rings. The monoisotopic (exact) mass is 314 g/mol. The molecule has 100 valence electrons. The molecule has 3 rings (SSSR count). The second-order valence-corrected chi connectivity index (χ2v) is 5.96. The van der Waals surface area contributed by atoms with Crippen LogP contribution in [0.15, 0.2) is 6.33 Å². The van der Waals surface area contributed by atoms with Crippen LogP contribution >= 0.6 is 15.9 Å². The highest BCUT2D eigenvalue weighted by Crippen LogP contribution is 2.34. The predicted octanol–water partition coefficient (Wildman–Crippen LogP) is 1.29. The van der Waals surface area contributed by atoms with Crippen LogP contribution in [0.25, 0.3) is 0 Å². The molecule has 18 heavy (non-hydrogen) atoms. The Balaban J connectivity index is 1.66. The number of ether oxygens (including phenoxy) is 1. The molecular formula is C12H19BrN4O. The van der Waals surface area contributed by atoms with Crippen LogP contribution in [-0.2, 0) is 17.8 Å². The summed E-state index contributed by atoms with van der Waals surface area (Å²) in [5, 5.41) is 9.23. The lowest BCUT2D eigenvalue weighted by molar-refractivity contribution is 0.00359. The summed E-state index contributed by atoms with van der Waals surface area (Å²) >= 11 is 3.70. The van der Waals surface area contributed by atoms with Crippen LogP contribution in [0.1, 0.15) is 18.7 Å². The summed E-state index contributed by atoms with van der Waals surface area (Å²) in [5.41, 5.74) is 0.375. The summed E-state index contributed by atoms with van der Waals surface area (Å²) < 4.78 is 7.65. The van der Waals surface area contributed by atoms with Crippen molar-refractivity contribution in [2.75, 3.05) is 31.6 Å². The first kappa shape index (κ1) is 12.6. The Morgan fingerprint density at radius 2 is 2.17 bits per heavy atom. The molecule has 1 saturated heterocycles. The first-order valence-corrected chi connectivity index (χ1v) is 7.66. The average molecular weight is 315 g/mol. The van der Waals surface area contributed by atoms with Crippen molar-refractivity contribution in [3.8, 4) is 0 Å². The highest BCUT2D eigenvalue weighted by molar-refractivity contribution is 9.09. The molecule has 6 heteroatoms. The van der Waals surface area contributed by atoms with E-state index < -0.39 is 0 Å². The van der Waals surface area contributed by atoms with Crippen LogP contribution in [-0.4, -0.2) is 51.3 Å². The molecule has 1 fully saturated rings. The van der Waals surface area contributed by atoms with Crippen molar-refractivity contribution in [2.24, 2.45) is 5.41 Å². The third-order valence-electron chi connectivity index (χ3n) is 4.11. The number of halogens is 1. The van der Waals surface area contributed by atoms with Crippen LogP contribution < -0.4 is 0 Å². The van der Waals surface area contributed by atoms with E-state index in [1.165, 1.54) is 0 Å². The maximum atomic E-state index is 5.49. The molecule has 0 bridgehead atoms. The van der Waals surface area contributed by atoms with E-state index in [4.69, 9.17) is 4.74 Å². The summed E-state index contributed by atoms with van der Waals surface area (Å²) in [5.74, 6) is 1.10. The zero-order valence-corrected chi connectivity index (χ0v) is 12.1. The van der Waals surface area contributed by atoms with Crippen LogP contribution in [0.2, 0.25) is 0 Å². The minimum Gasteiger partial charge on any atom is -0.381 e.